The Bertz CT molecular complexity index is 462. The van der Waals surface area contributed by atoms with Crippen molar-refractivity contribution in [2.24, 2.45) is 0 Å². The van der Waals surface area contributed by atoms with Crippen LogP contribution in [0.1, 0.15) is 36.5 Å². The predicted molar refractivity (Wildman–Crippen MR) is 85.2 cm³/mol. The van der Waals surface area contributed by atoms with Crippen molar-refractivity contribution in [3.63, 3.8) is 0 Å². The van der Waals surface area contributed by atoms with Gasteiger partial charge in [-0.3, -0.25) is 0 Å². The van der Waals surface area contributed by atoms with Crippen LogP contribution in [-0.4, -0.2) is 38.1 Å². The van der Waals surface area contributed by atoms with Gasteiger partial charge in [0.2, 0.25) is 0 Å². The molecule has 0 amide bonds. The van der Waals surface area contributed by atoms with E-state index in [0.717, 1.165) is 0 Å². The molecular formula is C16H24N2S. The SMILES string of the molecule is CC(C)c1ccc(N2CCN(C)CC2)c2c1CSC2. The Hall–Kier alpha value is -0.670. The van der Waals surface area contributed by atoms with Crippen LogP contribution in [0.15, 0.2) is 12.1 Å². The molecule has 3 heteroatoms. The topological polar surface area (TPSA) is 6.48 Å². The van der Waals surface area contributed by atoms with Crippen molar-refractivity contribution in [2.45, 2.75) is 31.3 Å². The normalized spacial score (nSPS) is 20.1. The average Bonchev–Trinajstić information content (AvgIpc) is 2.87. The summed E-state index contributed by atoms with van der Waals surface area (Å²) in [7, 11) is 2.22. The first-order valence-electron chi connectivity index (χ1n) is 7.32. The van der Waals surface area contributed by atoms with Gasteiger partial charge in [0, 0.05) is 43.4 Å². The van der Waals surface area contributed by atoms with Crippen LogP contribution in [0, 0.1) is 0 Å². The van der Waals surface area contributed by atoms with E-state index in [-0.39, 0.29) is 0 Å². The number of hydrogen-bond acceptors (Lipinski definition) is 3. The van der Waals surface area contributed by atoms with Gasteiger partial charge in [0.1, 0.15) is 0 Å². The molecule has 0 saturated carbocycles. The monoisotopic (exact) mass is 276 g/mol. The van der Waals surface area contributed by atoms with Crippen molar-refractivity contribution in [3.8, 4) is 0 Å². The molecule has 104 valence electrons. The quantitative estimate of drug-likeness (QED) is 0.818. The number of likely N-dealkylation sites (N-methyl/N-ethyl adjacent to an activating group) is 1. The highest BCUT2D eigenvalue weighted by Crippen LogP contribution is 2.40. The van der Waals surface area contributed by atoms with Crippen LogP contribution >= 0.6 is 11.8 Å². The zero-order valence-corrected chi connectivity index (χ0v) is 13.1. The Kier molecular flexibility index (Phi) is 3.77. The van der Waals surface area contributed by atoms with Crippen LogP contribution in [0.2, 0.25) is 0 Å². The zero-order valence-electron chi connectivity index (χ0n) is 12.3. The average molecular weight is 276 g/mol. The Morgan fingerprint density at radius 3 is 2.37 bits per heavy atom. The van der Waals surface area contributed by atoms with E-state index in [1.807, 2.05) is 0 Å². The number of rotatable bonds is 2. The van der Waals surface area contributed by atoms with E-state index in [9.17, 15) is 0 Å². The molecular weight excluding hydrogens is 252 g/mol. The van der Waals surface area contributed by atoms with Crippen molar-refractivity contribution in [1.29, 1.82) is 0 Å². The number of nitrogens with zero attached hydrogens (tertiary/aromatic N) is 2. The highest BCUT2D eigenvalue weighted by Gasteiger charge is 2.24. The number of benzene rings is 1. The molecule has 2 heterocycles. The minimum Gasteiger partial charge on any atom is -0.369 e. The Balaban J connectivity index is 1.93. The molecule has 0 N–H and O–H groups in total. The molecule has 1 fully saturated rings. The lowest BCUT2D eigenvalue weighted by Crippen LogP contribution is -2.44. The first-order valence-corrected chi connectivity index (χ1v) is 8.48. The number of piperazine rings is 1. The Morgan fingerprint density at radius 2 is 1.68 bits per heavy atom. The molecule has 0 unspecified atom stereocenters. The van der Waals surface area contributed by atoms with Crippen LogP contribution < -0.4 is 4.90 Å². The summed E-state index contributed by atoms with van der Waals surface area (Å²) in [5.41, 5.74) is 6.34. The molecule has 0 aromatic heterocycles. The Labute approximate surface area is 121 Å². The molecule has 0 bridgehead atoms. The highest BCUT2D eigenvalue weighted by atomic mass is 32.2. The summed E-state index contributed by atoms with van der Waals surface area (Å²) in [5.74, 6) is 3.07. The summed E-state index contributed by atoms with van der Waals surface area (Å²) in [4.78, 5) is 5.02. The van der Waals surface area contributed by atoms with Gasteiger partial charge in [-0.2, -0.15) is 11.8 Å². The maximum Gasteiger partial charge on any atom is 0.0411 e. The molecule has 2 aliphatic rings. The van der Waals surface area contributed by atoms with Gasteiger partial charge in [0.15, 0.2) is 0 Å². The minimum absolute atomic E-state index is 0.647. The molecule has 2 aliphatic heterocycles. The second kappa shape index (κ2) is 5.37. The summed E-state index contributed by atoms with van der Waals surface area (Å²) in [6, 6.07) is 4.76. The van der Waals surface area contributed by atoms with E-state index in [0.29, 0.717) is 5.92 Å². The minimum atomic E-state index is 0.647. The van der Waals surface area contributed by atoms with Gasteiger partial charge < -0.3 is 9.80 Å². The third kappa shape index (κ3) is 2.50. The van der Waals surface area contributed by atoms with E-state index < -0.39 is 0 Å². The fourth-order valence-corrected chi connectivity index (χ4v) is 4.34. The first-order chi connectivity index (χ1) is 9.16. The lowest BCUT2D eigenvalue weighted by Gasteiger charge is -2.35. The molecule has 0 radical (unpaired) electrons. The van der Waals surface area contributed by atoms with Gasteiger partial charge in [0.25, 0.3) is 0 Å². The summed E-state index contributed by atoms with van der Waals surface area (Å²) in [6.45, 7) is 9.35. The zero-order chi connectivity index (χ0) is 13.4. The number of thioether (sulfide) groups is 1. The van der Waals surface area contributed by atoms with E-state index in [2.05, 4.69) is 54.6 Å². The van der Waals surface area contributed by atoms with Crippen molar-refractivity contribution < 1.29 is 0 Å². The second-order valence-corrected chi connectivity index (χ2v) is 7.05. The van der Waals surface area contributed by atoms with E-state index in [1.54, 1.807) is 16.7 Å². The van der Waals surface area contributed by atoms with Gasteiger partial charge in [0.05, 0.1) is 0 Å². The smallest absolute Gasteiger partial charge is 0.0411 e. The number of hydrogen-bond donors (Lipinski definition) is 0. The molecule has 19 heavy (non-hydrogen) atoms. The van der Waals surface area contributed by atoms with Crippen molar-refractivity contribution in [1.82, 2.24) is 4.90 Å². The molecule has 0 aliphatic carbocycles. The second-order valence-electron chi connectivity index (χ2n) is 6.07. The molecule has 1 saturated heterocycles. The van der Waals surface area contributed by atoms with Crippen LogP contribution in [0.25, 0.3) is 0 Å². The van der Waals surface area contributed by atoms with E-state index >= 15 is 0 Å². The Morgan fingerprint density at radius 1 is 1.00 bits per heavy atom. The molecule has 2 nitrogen and oxygen atoms in total. The van der Waals surface area contributed by atoms with Crippen LogP contribution in [0.5, 0.6) is 0 Å². The van der Waals surface area contributed by atoms with E-state index in [1.165, 1.54) is 43.4 Å². The fraction of sp³-hybridized carbons (Fsp3) is 0.625. The largest absolute Gasteiger partial charge is 0.369 e. The van der Waals surface area contributed by atoms with Gasteiger partial charge in [-0.05, 0) is 35.7 Å². The molecule has 3 rings (SSSR count). The lowest BCUT2D eigenvalue weighted by molar-refractivity contribution is 0.312. The third-order valence-corrected chi connectivity index (χ3v) is 5.39. The number of anilines is 1. The summed E-state index contributed by atoms with van der Waals surface area (Å²) < 4.78 is 0. The standard InChI is InChI=1S/C16H24N2S/c1-12(2)13-4-5-16(15-11-19-10-14(13)15)18-8-6-17(3)7-9-18/h4-5,12H,6-11H2,1-3H3. The van der Waals surface area contributed by atoms with Crippen LogP contribution in [0.3, 0.4) is 0 Å². The number of fused-ring (bicyclic) bond motifs is 1. The maximum atomic E-state index is 2.59. The van der Waals surface area contributed by atoms with Gasteiger partial charge in [-0.15, -0.1) is 0 Å². The molecule has 1 aromatic rings. The van der Waals surface area contributed by atoms with Gasteiger partial charge in [-0.25, -0.2) is 0 Å². The van der Waals surface area contributed by atoms with E-state index in [4.69, 9.17) is 0 Å². The van der Waals surface area contributed by atoms with Gasteiger partial charge in [-0.1, -0.05) is 19.9 Å². The molecule has 1 aromatic carbocycles. The highest BCUT2D eigenvalue weighted by molar-refractivity contribution is 7.98. The fourth-order valence-electron chi connectivity index (χ4n) is 3.17. The van der Waals surface area contributed by atoms with Crippen molar-refractivity contribution in [3.05, 3.63) is 28.8 Å². The van der Waals surface area contributed by atoms with Gasteiger partial charge >= 0.3 is 0 Å². The summed E-state index contributed by atoms with van der Waals surface area (Å²) in [5, 5.41) is 0. The van der Waals surface area contributed by atoms with Crippen molar-refractivity contribution in [2.75, 3.05) is 38.1 Å². The molecule has 0 spiro atoms. The third-order valence-electron chi connectivity index (χ3n) is 4.40. The summed E-state index contributed by atoms with van der Waals surface area (Å²) in [6.07, 6.45) is 0. The first kappa shape index (κ1) is 13.3. The van der Waals surface area contributed by atoms with Crippen LogP contribution in [0.4, 0.5) is 5.69 Å². The van der Waals surface area contributed by atoms with Crippen LogP contribution in [-0.2, 0) is 11.5 Å². The summed E-state index contributed by atoms with van der Waals surface area (Å²) >= 11 is 2.08. The molecule has 0 atom stereocenters. The predicted octanol–water partition coefficient (Wildman–Crippen LogP) is 3.31. The maximum absolute atomic E-state index is 2.59. The lowest BCUT2D eigenvalue weighted by atomic mass is 9.93. The van der Waals surface area contributed by atoms with Crippen molar-refractivity contribution >= 4 is 17.4 Å².